The second-order valence-corrected chi connectivity index (χ2v) is 10.00. The summed E-state index contributed by atoms with van der Waals surface area (Å²) in [6, 6.07) is 15.0. The van der Waals surface area contributed by atoms with Crippen molar-refractivity contribution in [2.75, 3.05) is 31.1 Å². The number of hydrogen-bond donors (Lipinski definition) is 1. The minimum absolute atomic E-state index is 0.266. The Morgan fingerprint density at radius 2 is 1.93 bits per heavy atom. The predicted molar refractivity (Wildman–Crippen MR) is 126 cm³/mol. The zero-order chi connectivity index (χ0) is 20.5. The molecular weight excluding hydrogens is 390 g/mol. The number of benzene rings is 2. The number of para-hydroxylation sites is 2. The first kappa shape index (κ1) is 19.8. The lowest BCUT2D eigenvalue weighted by atomic mass is 9.97. The molecule has 1 fully saturated rings. The molecule has 30 heavy (non-hydrogen) atoms. The summed E-state index contributed by atoms with van der Waals surface area (Å²) in [7, 11) is 0. The minimum atomic E-state index is 0.266. The molecule has 2 aromatic carbocycles. The van der Waals surface area contributed by atoms with Crippen molar-refractivity contribution in [3.63, 3.8) is 0 Å². The Hall–Kier alpha value is -2.11. The average molecular weight is 422 g/mol. The summed E-state index contributed by atoms with van der Waals surface area (Å²) in [6.45, 7) is 8.71. The number of piperidine rings is 1. The Morgan fingerprint density at radius 3 is 2.73 bits per heavy atom. The van der Waals surface area contributed by atoms with Crippen LogP contribution in [0.1, 0.15) is 43.7 Å². The van der Waals surface area contributed by atoms with Crippen LogP contribution in [0.25, 0.3) is 10.2 Å². The molecule has 3 heterocycles. The molecule has 1 saturated heterocycles. The number of anilines is 1. The van der Waals surface area contributed by atoms with Crippen molar-refractivity contribution in [2.24, 2.45) is 5.92 Å². The summed E-state index contributed by atoms with van der Waals surface area (Å²) in [6.07, 6.45) is 3.75. The number of aromatic nitrogens is 1. The van der Waals surface area contributed by atoms with Crippen molar-refractivity contribution in [2.45, 2.75) is 45.1 Å². The fourth-order valence-corrected chi connectivity index (χ4v) is 5.72. The van der Waals surface area contributed by atoms with Crippen LogP contribution in [0.5, 0.6) is 5.75 Å². The number of nitrogens with zero attached hydrogens (tertiary/aromatic N) is 2. The maximum atomic E-state index is 6.31. The van der Waals surface area contributed by atoms with Crippen LogP contribution in [-0.4, -0.2) is 37.3 Å². The summed E-state index contributed by atoms with van der Waals surface area (Å²) >= 11 is 1.82. The van der Waals surface area contributed by atoms with E-state index in [1.165, 1.54) is 33.8 Å². The summed E-state index contributed by atoms with van der Waals surface area (Å²) in [5.41, 5.74) is 3.84. The van der Waals surface area contributed by atoms with Crippen molar-refractivity contribution in [1.29, 1.82) is 0 Å². The molecular formula is C25H31N3OS. The Morgan fingerprint density at radius 1 is 1.10 bits per heavy atom. The van der Waals surface area contributed by atoms with Crippen LogP contribution >= 0.6 is 11.3 Å². The van der Waals surface area contributed by atoms with E-state index in [0.29, 0.717) is 5.92 Å². The highest BCUT2D eigenvalue weighted by Gasteiger charge is 2.26. The van der Waals surface area contributed by atoms with Gasteiger partial charge in [0.15, 0.2) is 5.13 Å². The van der Waals surface area contributed by atoms with Crippen molar-refractivity contribution in [3.8, 4) is 5.75 Å². The van der Waals surface area contributed by atoms with Gasteiger partial charge in [0.25, 0.3) is 0 Å². The average Bonchev–Trinajstić information content (AvgIpc) is 3.37. The molecule has 1 unspecified atom stereocenters. The number of nitrogens with one attached hydrogen (secondary N) is 1. The van der Waals surface area contributed by atoms with Gasteiger partial charge < -0.3 is 15.0 Å². The Bertz CT molecular complexity index is 974. The standard InChI is InChI=1S/C25H31N3OS/c1-17(2)21-7-5-6-19-14-20(29-24(19)21)16-26-15-18-10-12-28(13-11-18)25-27-22-8-3-4-9-23(22)30-25/h3-9,17-18,20,26H,10-16H2,1-2H3. The molecule has 0 radical (unpaired) electrons. The predicted octanol–water partition coefficient (Wildman–Crippen LogP) is 5.23. The van der Waals surface area contributed by atoms with Gasteiger partial charge in [-0.1, -0.05) is 55.5 Å². The normalized spacial score (nSPS) is 19.4. The smallest absolute Gasteiger partial charge is 0.186 e. The zero-order valence-electron chi connectivity index (χ0n) is 17.9. The largest absolute Gasteiger partial charge is 0.488 e. The molecule has 5 rings (SSSR count). The maximum absolute atomic E-state index is 6.31. The fraction of sp³-hybridized carbons (Fsp3) is 0.480. The van der Waals surface area contributed by atoms with Gasteiger partial charge in [0, 0.05) is 26.1 Å². The lowest BCUT2D eigenvalue weighted by Gasteiger charge is -2.32. The molecule has 0 saturated carbocycles. The van der Waals surface area contributed by atoms with E-state index >= 15 is 0 Å². The van der Waals surface area contributed by atoms with Crippen LogP contribution in [0.2, 0.25) is 0 Å². The van der Waals surface area contributed by atoms with Gasteiger partial charge in [0.2, 0.25) is 0 Å². The lowest BCUT2D eigenvalue weighted by Crippen LogP contribution is -2.39. The molecule has 2 aliphatic heterocycles. The molecule has 2 aliphatic rings. The molecule has 158 valence electrons. The summed E-state index contributed by atoms with van der Waals surface area (Å²) in [5.74, 6) is 2.39. The molecule has 0 amide bonds. The Labute approximate surface area is 183 Å². The SMILES string of the molecule is CC(C)c1cccc2c1OC(CNCC1CCN(c3nc4ccccc4s3)CC1)C2. The number of fused-ring (bicyclic) bond motifs is 2. The number of thiazole rings is 1. The van der Waals surface area contributed by atoms with Crippen LogP contribution in [0, 0.1) is 5.92 Å². The molecule has 0 aliphatic carbocycles. The van der Waals surface area contributed by atoms with Gasteiger partial charge in [0.05, 0.1) is 10.2 Å². The van der Waals surface area contributed by atoms with E-state index in [4.69, 9.17) is 9.72 Å². The van der Waals surface area contributed by atoms with E-state index < -0.39 is 0 Å². The number of hydrogen-bond acceptors (Lipinski definition) is 5. The molecule has 3 aromatic rings. The van der Waals surface area contributed by atoms with Crippen molar-refractivity contribution < 1.29 is 4.74 Å². The van der Waals surface area contributed by atoms with Crippen LogP contribution in [0.3, 0.4) is 0 Å². The lowest BCUT2D eigenvalue weighted by molar-refractivity contribution is 0.220. The zero-order valence-corrected chi connectivity index (χ0v) is 18.8. The van der Waals surface area contributed by atoms with Crippen LogP contribution in [-0.2, 0) is 6.42 Å². The third kappa shape index (κ3) is 4.06. The molecule has 0 bridgehead atoms. The molecule has 1 atom stereocenters. The second kappa shape index (κ2) is 8.56. The molecule has 1 aromatic heterocycles. The first-order chi connectivity index (χ1) is 14.7. The highest BCUT2D eigenvalue weighted by atomic mass is 32.1. The summed E-state index contributed by atoms with van der Waals surface area (Å²) in [4.78, 5) is 7.29. The third-order valence-electron chi connectivity index (χ3n) is 6.45. The van der Waals surface area contributed by atoms with E-state index in [1.54, 1.807) is 0 Å². The van der Waals surface area contributed by atoms with E-state index in [2.05, 4.69) is 66.5 Å². The van der Waals surface area contributed by atoms with E-state index in [0.717, 1.165) is 49.8 Å². The monoisotopic (exact) mass is 421 g/mol. The third-order valence-corrected chi connectivity index (χ3v) is 7.55. The number of rotatable bonds is 6. The van der Waals surface area contributed by atoms with Gasteiger partial charge in [-0.05, 0) is 54.5 Å². The topological polar surface area (TPSA) is 37.4 Å². The highest BCUT2D eigenvalue weighted by Crippen LogP contribution is 2.36. The van der Waals surface area contributed by atoms with Crippen molar-refractivity contribution in [1.82, 2.24) is 10.3 Å². The minimum Gasteiger partial charge on any atom is -0.488 e. The molecule has 4 nitrogen and oxygen atoms in total. The fourth-order valence-electron chi connectivity index (χ4n) is 4.70. The Balaban J connectivity index is 1.08. The number of ether oxygens (including phenoxy) is 1. The van der Waals surface area contributed by atoms with Gasteiger partial charge in [-0.15, -0.1) is 0 Å². The van der Waals surface area contributed by atoms with Crippen LogP contribution < -0.4 is 15.0 Å². The van der Waals surface area contributed by atoms with Crippen molar-refractivity contribution in [3.05, 3.63) is 53.6 Å². The summed E-state index contributed by atoms with van der Waals surface area (Å²) < 4.78 is 7.60. The van der Waals surface area contributed by atoms with Gasteiger partial charge in [-0.25, -0.2) is 4.98 Å². The van der Waals surface area contributed by atoms with Gasteiger partial charge >= 0.3 is 0 Å². The van der Waals surface area contributed by atoms with Gasteiger partial charge in [-0.2, -0.15) is 0 Å². The summed E-state index contributed by atoms with van der Waals surface area (Å²) in [5, 5.41) is 4.88. The van der Waals surface area contributed by atoms with Crippen molar-refractivity contribution >= 4 is 26.7 Å². The van der Waals surface area contributed by atoms with Gasteiger partial charge in [0.1, 0.15) is 11.9 Å². The maximum Gasteiger partial charge on any atom is 0.186 e. The van der Waals surface area contributed by atoms with E-state index in [1.807, 2.05) is 11.3 Å². The van der Waals surface area contributed by atoms with E-state index in [9.17, 15) is 0 Å². The first-order valence-corrected chi connectivity index (χ1v) is 12.1. The molecule has 5 heteroatoms. The van der Waals surface area contributed by atoms with Crippen LogP contribution in [0.4, 0.5) is 5.13 Å². The molecule has 1 N–H and O–H groups in total. The second-order valence-electron chi connectivity index (χ2n) is 8.99. The van der Waals surface area contributed by atoms with E-state index in [-0.39, 0.29) is 6.10 Å². The van der Waals surface area contributed by atoms with Gasteiger partial charge in [-0.3, -0.25) is 0 Å². The molecule has 0 spiro atoms. The quantitative estimate of drug-likeness (QED) is 0.591. The van der Waals surface area contributed by atoms with Crippen LogP contribution in [0.15, 0.2) is 42.5 Å². The highest BCUT2D eigenvalue weighted by molar-refractivity contribution is 7.22. The Kier molecular flexibility index (Phi) is 5.66. The first-order valence-electron chi connectivity index (χ1n) is 11.3.